The molecular weight excluding hydrogens is 126 g/mol. The average Bonchev–Trinajstić information content (AvgIpc) is 1.97. The molecule has 0 saturated carbocycles. The summed E-state index contributed by atoms with van der Waals surface area (Å²) in [5, 5.41) is 0. The van der Waals surface area contributed by atoms with Gasteiger partial charge in [-0.15, -0.1) is 0 Å². The van der Waals surface area contributed by atoms with Crippen LogP contribution in [0.5, 0.6) is 0 Å². The van der Waals surface area contributed by atoms with E-state index >= 15 is 0 Å². The van der Waals surface area contributed by atoms with Crippen molar-refractivity contribution in [1.29, 1.82) is 0 Å². The summed E-state index contributed by atoms with van der Waals surface area (Å²) in [6, 6.07) is 0. The second-order valence-electron chi connectivity index (χ2n) is 2.59. The number of rotatable bonds is 6. The van der Waals surface area contributed by atoms with Crippen LogP contribution in [0.15, 0.2) is 0 Å². The van der Waals surface area contributed by atoms with Gasteiger partial charge in [-0.05, 0) is 13.1 Å². The summed E-state index contributed by atoms with van der Waals surface area (Å²) in [6.07, 6.45) is 2.17. The molecule has 0 saturated heterocycles. The molecule has 10 heavy (non-hydrogen) atoms. The zero-order valence-electron chi connectivity index (χ0n) is 6.84. The molecule has 0 aliphatic heterocycles. The molecule has 0 rings (SSSR count). The SMILES string of the molecule is C[N+](CCCN)CCCN. The molecule has 3 nitrogen and oxygen atoms in total. The molecule has 0 aromatic carbocycles. The molecule has 0 aliphatic rings. The lowest BCUT2D eigenvalue weighted by Crippen LogP contribution is -2.29. The third kappa shape index (κ3) is 6.01. The summed E-state index contributed by atoms with van der Waals surface area (Å²) < 4.78 is 0. The summed E-state index contributed by atoms with van der Waals surface area (Å²) >= 11 is 0. The fourth-order valence-electron chi connectivity index (χ4n) is 0.834. The molecule has 4 N–H and O–H groups in total. The van der Waals surface area contributed by atoms with E-state index in [4.69, 9.17) is 11.5 Å². The average molecular weight is 145 g/mol. The standard InChI is InChI=1S/C7H19N3/c1-10(6-2-4-8)7-3-5-9/h2-9H2,1H3/q+1. The summed E-state index contributed by atoms with van der Waals surface area (Å²) in [5.41, 5.74) is 10.7. The zero-order chi connectivity index (χ0) is 7.82. The van der Waals surface area contributed by atoms with Gasteiger partial charge < -0.3 is 11.5 Å². The lowest BCUT2D eigenvalue weighted by molar-refractivity contribution is 0.460. The van der Waals surface area contributed by atoms with Crippen LogP contribution >= 0.6 is 0 Å². The molecule has 61 valence electrons. The van der Waals surface area contributed by atoms with E-state index in [0.29, 0.717) is 0 Å². The minimum atomic E-state index is 0.785. The van der Waals surface area contributed by atoms with Gasteiger partial charge in [0, 0.05) is 12.8 Å². The Morgan fingerprint density at radius 1 is 1.00 bits per heavy atom. The Bertz CT molecular complexity index is 57.9. The van der Waals surface area contributed by atoms with Crippen molar-refractivity contribution in [2.75, 3.05) is 33.2 Å². The van der Waals surface area contributed by atoms with Crippen molar-refractivity contribution in [3.05, 3.63) is 0 Å². The van der Waals surface area contributed by atoms with Crippen LogP contribution in [0.2, 0.25) is 0 Å². The Labute approximate surface area is 63.4 Å². The second-order valence-corrected chi connectivity index (χ2v) is 2.59. The third-order valence-corrected chi connectivity index (χ3v) is 1.49. The van der Waals surface area contributed by atoms with Crippen molar-refractivity contribution in [2.24, 2.45) is 11.5 Å². The van der Waals surface area contributed by atoms with Crippen LogP contribution < -0.4 is 16.4 Å². The molecule has 0 aliphatic carbocycles. The van der Waals surface area contributed by atoms with Crippen LogP contribution in [0.25, 0.3) is 0 Å². The van der Waals surface area contributed by atoms with Gasteiger partial charge in [-0.2, -0.15) is 4.90 Å². The van der Waals surface area contributed by atoms with Gasteiger partial charge >= 0.3 is 0 Å². The van der Waals surface area contributed by atoms with Gasteiger partial charge in [0.2, 0.25) is 0 Å². The van der Waals surface area contributed by atoms with Crippen LogP contribution in [0.4, 0.5) is 0 Å². The van der Waals surface area contributed by atoms with Gasteiger partial charge in [-0.3, -0.25) is 0 Å². The predicted octanol–water partition coefficient (Wildman–Crippen LogP) is -0.546. The van der Waals surface area contributed by atoms with E-state index in [1.165, 1.54) is 0 Å². The highest BCUT2D eigenvalue weighted by Crippen LogP contribution is 1.83. The quantitative estimate of drug-likeness (QED) is 0.493. The van der Waals surface area contributed by atoms with Gasteiger partial charge in [0.25, 0.3) is 0 Å². The lowest BCUT2D eigenvalue weighted by Gasteiger charge is -2.04. The van der Waals surface area contributed by atoms with E-state index in [1.54, 1.807) is 0 Å². The van der Waals surface area contributed by atoms with Crippen molar-refractivity contribution in [2.45, 2.75) is 12.8 Å². The third-order valence-electron chi connectivity index (χ3n) is 1.49. The Balaban J connectivity index is 3.00. The Hall–Kier alpha value is -0.120. The predicted molar refractivity (Wildman–Crippen MR) is 45.1 cm³/mol. The molecule has 0 aromatic heterocycles. The fraction of sp³-hybridized carbons (Fsp3) is 1.00. The van der Waals surface area contributed by atoms with Gasteiger partial charge in [0.05, 0.1) is 0 Å². The first kappa shape index (κ1) is 9.88. The topological polar surface area (TPSA) is 57.9 Å². The van der Waals surface area contributed by atoms with Crippen LogP contribution in [0.3, 0.4) is 0 Å². The van der Waals surface area contributed by atoms with E-state index in [1.807, 2.05) is 0 Å². The van der Waals surface area contributed by atoms with Crippen molar-refractivity contribution in [1.82, 2.24) is 4.90 Å². The molecule has 0 unspecified atom stereocenters. The summed E-state index contributed by atoms with van der Waals surface area (Å²) in [7, 11) is 2.10. The van der Waals surface area contributed by atoms with Crippen molar-refractivity contribution in [3.63, 3.8) is 0 Å². The Morgan fingerprint density at radius 2 is 1.40 bits per heavy atom. The Morgan fingerprint density at radius 3 is 1.70 bits per heavy atom. The molecule has 0 heterocycles. The Kier molecular flexibility index (Phi) is 6.91. The van der Waals surface area contributed by atoms with Gasteiger partial charge in [0.1, 0.15) is 20.1 Å². The van der Waals surface area contributed by atoms with Crippen molar-refractivity contribution < 1.29 is 0 Å². The molecular formula is C7H19N3+. The second kappa shape index (κ2) is 6.99. The molecule has 0 aromatic rings. The maximum absolute atomic E-state index is 5.35. The first-order valence-electron chi connectivity index (χ1n) is 3.90. The van der Waals surface area contributed by atoms with Crippen LogP contribution in [-0.2, 0) is 0 Å². The largest absolute Gasteiger partial charge is 0.330 e. The van der Waals surface area contributed by atoms with Crippen LogP contribution in [0.1, 0.15) is 12.8 Å². The van der Waals surface area contributed by atoms with E-state index in [2.05, 4.69) is 11.9 Å². The highest BCUT2D eigenvalue weighted by molar-refractivity contribution is 4.57. The zero-order valence-corrected chi connectivity index (χ0v) is 6.84. The molecule has 3 heteroatoms. The highest BCUT2D eigenvalue weighted by Gasteiger charge is 2.03. The van der Waals surface area contributed by atoms with E-state index < -0.39 is 0 Å². The van der Waals surface area contributed by atoms with Crippen molar-refractivity contribution in [3.8, 4) is 0 Å². The summed E-state index contributed by atoms with van der Waals surface area (Å²) in [5.74, 6) is 0. The summed E-state index contributed by atoms with van der Waals surface area (Å²) in [4.78, 5) is 2.26. The molecule has 0 atom stereocenters. The van der Waals surface area contributed by atoms with E-state index in [-0.39, 0.29) is 0 Å². The van der Waals surface area contributed by atoms with Gasteiger partial charge in [-0.25, -0.2) is 0 Å². The minimum Gasteiger partial charge on any atom is -0.330 e. The molecule has 0 amide bonds. The normalized spacial score (nSPS) is 10.8. The smallest absolute Gasteiger partial charge is 0.123 e. The number of nitrogens with zero attached hydrogens (tertiary/aromatic N) is 1. The van der Waals surface area contributed by atoms with Gasteiger partial charge in [0.15, 0.2) is 0 Å². The van der Waals surface area contributed by atoms with Crippen molar-refractivity contribution >= 4 is 0 Å². The van der Waals surface area contributed by atoms with Crippen LogP contribution in [0, 0.1) is 0 Å². The number of hydrogen-bond acceptors (Lipinski definition) is 3. The maximum atomic E-state index is 5.35. The molecule has 0 bridgehead atoms. The number of hydrogen-bond donors (Lipinski definition) is 2. The summed E-state index contributed by atoms with van der Waals surface area (Å²) in [6.45, 7) is 3.76. The first-order chi connectivity index (χ1) is 4.81. The maximum Gasteiger partial charge on any atom is 0.123 e. The first-order valence-corrected chi connectivity index (χ1v) is 3.90. The lowest BCUT2D eigenvalue weighted by atomic mass is 10.3. The van der Waals surface area contributed by atoms with E-state index in [9.17, 15) is 0 Å². The van der Waals surface area contributed by atoms with Crippen LogP contribution in [-0.4, -0.2) is 33.2 Å². The minimum absolute atomic E-state index is 0.785. The highest BCUT2D eigenvalue weighted by atomic mass is 15.1. The monoisotopic (exact) mass is 145 g/mol. The van der Waals surface area contributed by atoms with E-state index in [0.717, 1.165) is 39.0 Å². The molecule has 0 fully saturated rings. The molecule has 1 radical (unpaired) electrons. The fourth-order valence-corrected chi connectivity index (χ4v) is 0.834. The molecule has 0 spiro atoms. The van der Waals surface area contributed by atoms with Gasteiger partial charge in [-0.1, -0.05) is 0 Å². The number of nitrogens with two attached hydrogens (primary N) is 2.